The number of benzene rings is 3. The van der Waals surface area contributed by atoms with Gasteiger partial charge in [-0.1, -0.05) is 41.9 Å². The number of Topliss-reactive ketones (excluding diaryl/α,β-unsaturated/α-hetero) is 1. The summed E-state index contributed by atoms with van der Waals surface area (Å²) >= 11 is 5.99. The van der Waals surface area contributed by atoms with Crippen molar-refractivity contribution in [2.45, 2.75) is 6.04 Å². The molecule has 0 aromatic heterocycles. The number of methoxy groups -OCH3 is 1. The van der Waals surface area contributed by atoms with Gasteiger partial charge in [-0.15, -0.1) is 0 Å². The molecule has 4 rings (SSSR count). The maximum atomic E-state index is 13.0. The van der Waals surface area contributed by atoms with Gasteiger partial charge in [0.2, 0.25) is 0 Å². The number of carbonyl (C=O) groups excluding carboxylic acids is 2. The zero-order valence-corrected chi connectivity index (χ0v) is 16.8. The summed E-state index contributed by atoms with van der Waals surface area (Å²) in [5.41, 5.74) is 1.68. The number of ketones is 1. The summed E-state index contributed by atoms with van der Waals surface area (Å²) in [6.45, 7) is 0. The average Bonchev–Trinajstić information content (AvgIpc) is 3.05. The Morgan fingerprint density at radius 3 is 2.17 bits per heavy atom. The van der Waals surface area contributed by atoms with Gasteiger partial charge in [-0.25, -0.2) is 0 Å². The second-order valence-corrected chi connectivity index (χ2v) is 7.22. The average molecular weight is 420 g/mol. The first-order chi connectivity index (χ1) is 14.5. The maximum Gasteiger partial charge on any atom is 0.300 e. The standard InChI is InChI=1S/C24H18ClNO4/c1-30-19-13-7-16(8-14-19)22(27)20-21(15-5-3-2-4-6-15)26(24(29)23(20)28)18-11-9-17(25)10-12-18/h2-14,21,27H,1H3/b22-20+. The summed E-state index contributed by atoms with van der Waals surface area (Å²) in [5.74, 6) is -1.07. The topological polar surface area (TPSA) is 66.8 Å². The predicted octanol–water partition coefficient (Wildman–Crippen LogP) is 4.97. The fraction of sp³-hybridized carbons (Fsp3) is 0.0833. The number of aliphatic hydroxyl groups is 1. The highest BCUT2D eigenvalue weighted by Crippen LogP contribution is 2.42. The fourth-order valence-electron chi connectivity index (χ4n) is 3.56. The van der Waals surface area contributed by atoms with Crippen molar-refractivity contribution in [3.05, 3.63) is 101 Å². The van der Waals surface area contributed by atoms with E-state index in [0.717, 1.165) is 0 Å². The molecule has 30 heavy (non-hydrogen) atoms. The van der Waals surface area contributed by atoms with Crippen LogP contribution in [0.4, 0.5) is 5.69 Å². The van der Waals surface area contributed by atoms with Crippen molar-refractivity contribution in [2.75, 3.05) is 12.0 Å². The molecule has 0 saturated carbocycles. The molecule has 1 aliphatic rings. The maximum absolute atomic E-state index is 13.0. The molecular formula is C24H18ClNO4. The van der Waals surface area contributed by atoms with Crippen LogP contribution in [0.1, 0.15) is 17.2 Å². The summed E-state index contributed by atoms with van der Waals surface area (Å²) < 4.78 is 5.15. The number of hydrogen-bond acceptors (Lipinski definition) is 4. The van der Waals surface area contributed by atoms with Crippen molar-refractivity contribution >= 4 is 34.7 Å². The van der Waals surface area contributed by atoms with Gasteiger partial charge in [0.15, 0.2) is 0 Å². The van der Waals surface area contributed by atoms with E-state index in [-0.39, 0.29) is 11.3 Å². The SMILES string of the molecule is COc1ccc(/C(O)=C2\C(=O)C(=O)N(c3ccc(Cl)cc3)C2c2ccccc2)cc1. The Morgan fingerprint density at radius 2 is 1.57 bits per heavy atom. The van der Waals surface area contributed by atoms with Crippen molar-refractivity contribution in [2.24, 2.45) is 0 Å². The van der Waals surface area contributed by atoms with Crippen LogP contribution in [0.3, 0.4) is 0 Å². The van der Waals surface area contributed by atoms with Crippen molar-refractivity contribution < 1.29 is 19.4 Å². The summed E-state index contributed by atoms with van der Waals surface area (Å²) in [7, 11) is 1.54. The van der Waals surface area contributed by atoms with Crippen molar-refractivity contribution in [1.29, 1.82) is 0 Å². The number of aliphatic hydroxyl groups excluding tert-OH is 1. The van der Waals surface area contributed by atoms with E-state index in [1.165, 1.54) is 4.90 Å². The number of nitrogens with zero attached hydrogens (tertiary/aromatic N) is 1. The van der Waals surface area contributed by atoms with E-state index in [9.17, 15) is 14.7 Å². The second kappa shape index (κ2) is 8.05. The first kappa shape index (κ1) is 19.7. The highest BCUT2D eigenvalue weighted by atomic mass is 35.5. The number of halogens is 1. The molecule has 1 fully saturated rings. The summed E-state index contributed by atoms with van der Waals surface area (Å²) in [6, 6.07) is 21.7. The van der Waals surface area contributed by atoms with Gasteiger partial charge < -0.3 is 9.84 Å². The Morgan fingerprint density at radius 1 is 0.933 bits per heavy atom. The third-order valence-corrected chi connectivity index (χ3v) is 5.28. The normalized spacial score (nSPS) is 17.9. The molecule has 1 heterocycles. The second-order valence-electron chi connectivity index (χ2n) is 6.78. The molecule has 0 aliphatic carbocycles. The number of carbonyl (C=O) groups is 2. The number of hydrogen-bond donors (Lipinski definition) is 1. The molecule has 1 amide bonds. The lowest BCUT2D eigenvalue weighted by molar-refractivity contribution is -0.132. The van der Waals surface area contributed by atoms with Crippen LogP contribution >= 0.6 is 11.6 Å². The Hall–Kier alpha value is -3.57. The van der Waals surface area contributed by atoms with Gasteiger partial charge in [-0.3, -0.25) is 14.5 Å². The minimum Gasteiger partial charge on any atom is -0.507 e. The number of anilines is 1. The molecule has 6 heteroatoms. The van der Waals surface area contributed by atoms with Crippen LogP contribution < -0.4 is 9.64 Å². The zero-order valence-electron chi connectivity index (χ0n) is 16.1. The summed E-state index contributed by atoms with van der Waals surface area (Å²) in [5, 5.41) is 11.5. The van der Waals surface area contributed by atoms with E-state index in [2.05, 4.69) is 0 Å². The smallest absolute Gasteiger partial charge is 0.300 e. The highest BCUT2D eigenvalue weighted by Gasteiger charge is 2.46. The molecule has 150 valence electrons. The van der Waals surface area contributed by atoms with E-state index in [0.29, 0.717) is 27.6 Å². The molecule has 5 nitrogen and oxygen atoms in total. The monoisotopic (exact) mass is 419 g/mol. The largest absolute Gasteiger partial charge is 0.507 e. The van der Waals surface area contributed by atoms with E-state index in [1.54, 1.807) is 55.6 Å². The van der Waals surface area contributed by atoms with E-state index in [1.807, 2.05) is 30.3 Å². The first-order valence-electron chi connectivity index (χ1n) is 9.27. The molecule has 0 radical (unpaired) electrons. The Kier molecular flexibility index (Phi) is 5.29. The molecule has 1 unspecified atom stereocenters. The van der Waals surface area contributed by atoms with Gasteiger partial charge in [0, 0.05) is 16.3 Å². The van der Waals surface area contributed by atoms with Crippen LogP contribution in [-0.2, 0) is 9.59 Å². The Bertz CT molecular complexity index is 1120. The number of amides is 1. The van der Waals surface area contributed by atoms with Crippen LogP contribution in [0.25, 0.3) is 5.76 Å². The predicted molar refractivity (Wildman–Crippen MR) is 116 cm³/mol. The minimum absolute atomic E-state index is 0.0336. The van der Waals surface area contributed by atoms with Gasteiger partial charge in [0.1, 0.15) is 11.5 Å². The van der Waals surface area contributed by atoms with Crippen molar-refractivity contribution in [3.8, 4) is 5.75 Å². The molecule has 1 N–H and O–H groups in total. The fourth-order valence-corrected chi connectivity index (χ4v) is 3.68. The van der Waals surface area contributed by atoms with Crippen LogP contribution in [0.2, 0.25) is 5.02 Å². The highest BCUT2D eigenvalue weighted by molar-refractivity contribution is 6.51. The molecule has 0 bridgehead atoms. The molecule has 1 atom stereocenters. The Labute approximate surface area is 178 Å². The molecule has 1 aliphatic heterocycles. The lowest BCUT2D eigenvalue weighted by Crippen LogP contribution is -2.29. The molecule has 0 spiro atoms. The van der Waals surface area contributed by atoms with E-state index >= 15 is 0 Å². The third kappa shape index (κ3) is 3.44. The van der Waals surface area contributed by atoms with Gasteiger partial charge >= 0.3 is 0 Å². The van der Waals surface area contributed by atoms with Crippen LogP contribution in [0, 0.1) is 0 Å². The zero-order chi connectivity index (χ0) is 21.3. The first-order valence-corrected chi connectivity index (χ1v) is 9.65. The molecule has 1 saturated heterocycles. The Balaban J connectivity index is 1.90. The summed E-state index contributed by atoms with van der Waals surface area (Å²) in [6.07, 6.45) is 0. The van der Waals surface area contributed by atoms with Crippen molar-refractivity contribution in [3.63, 3.8) is 0 Å². The van der Waals surface area contributed by atoms with Crippen LogP contribution in [-0.4, -0.2) is 23.9 Å². The van der Waals surface area contributed by atoms with Crippen molar-refractivity contribution in [1.82, 2.24) is 0 Å². The number of rotatable bonds is 4. The molecular weight excluding hydrogens is 402 g/mol. The quantitative estimate of drug-likeness (QED) is 0.368. The summed E-state index contributed by atoms with van der Waals surface area (Å²) in [4.78, 5) is 27.4. The van der Waals surface area contributed by atoms with E-state index < -0.39 is 17.7 Å². The number of ether oxygens (including phenoxy) is 1. The lowest BCUT2D eigenvalue weighted by atomic mass is 9.95. The van der Waals surface area contributed by atoms with E-state index in [4.69, 9.17) is 16.3 Å². The van der Waals surface area contributed by atoms with Gasteiger partial charge in [0.25, 0.3) is 11.7 Å². The lowest BCUT2D eigenvalue weighted by Gasteiger charge is -2.25. The molecule has 3 aromatic rings. The minimum atomic E-state index is -0.769. The third-order valence-electron chi connectivity index (χ3n) is 5.03. The van der Waals surface area contributed by atoms with Gasteiger partial charge in [-0.2, -0.15) is 0 Å². The van der Waals surface area contributed by atoms with Gasteiger partial charge in [-0.05, 0) is 54.1 Å². The van der Waals surface area contributed by atoms with Gasteiger partial charge in [0.05, 0.1) is 18.7 Å². The van der Waals surface area contributed by atoms with Crippen LogP contribution in [0.5, 0.6) is 5.75 Å². The molecule has 3 aromatic carbocycles. The van der Waals surface area contributed by atoms with Crippen LogP contribution in [0.15, 0.2) is 84.4 Å².